The number of alkyl carbamates (subject to hydrolysis) is 1. The molecule has 43 heavy (non-hydrogen) atoms. The summed E-state index contributed by atoms with van der Waals surface area (Å²) in [5, 5.41) is 6.22. The van der Waals surface area contributed by atoms with Crippen LogP contribution in [0.4, 0.5) is 16.4 Å². The van der Waals surface area contributed by atoms with Gasteiger partial charge in [0.15, 0.2) is 0 Å². The lowest BCUT2D eigenvalue weighted by molar-refractivity contribution is 0.0506. The van der Waals surface area contributed by atoms with Crippen LogP contribution in [0.5, 0.6) is 0 Å². The highest BCUT2D eigenvalue weighted by molar-refractivity contribution is 6.12. The van der Waals surface area contributed by atoms with Gasteiger partial charge in [0.25, 0.3) is 11.5 Å². The van der Waals surface area contributed by atoms with Crippen LogP contribution in [-0.2, 0) is 24.8 Å². The first-order valence-corrected chi connectivity index (χ1v) is 14.2. The van der Waals surface area contributed by atoms with Crippen molar-refractivity contribution >= 4 is 23.6 Å². The first-order valence-electron chi connectivity index (χ1n) is 14.2. The highest BCUT2D eigenvalue weighted by atomic mass is 16.6. The maximum atomic E-state index is 14.0. The summed E-state index contributed by atoms with van der Waals surface area (Å²) in [5.74, 6) is 0.0671. The molecule has 2 aromatic carbocycles. The highest BCUT2D eigenvalue weighted by Crippen LogP contribution is 2.34. The number of amides is 2. The van der Waals surface area contributed by atoms with Crippen LogP contribution in [0, 0.1) is 6.92 Å². The van der Waals surface area contributed by atoms with E-state index in [4.69, 9.17) is 9.72 Å². The molecule has 0 radical (unpaired) electrons. The SMILES string of the molecule is Cc1cccc2c1C(=O)N(c1c(-c3ccncc3)nc(NC[C@H](Cc3ccccc3)NC(=O)OC(C)(C)C)n(C)c1=O)C2. The number of rotatable bonds is 8. The predicted octanol–water partition coefficient (Wildman–Crippen LogP) is 4.86. The number of nitrogens with one attached hydrogen (secondary N) is 2. The molecule has 5 rings (SSSR count). The molecule has 0 fully saturated rings. The van der Waals surface area contributed by atoms with Gasteiger partial charge >= 0.3 is 6.09 Å². The normalized spacial score (nSPS) is 13.4. The van der Waals surface area contributed by atoms with Crippen LogP contribution in [-0.4, -0.2) is 44.7 Å². The maximum absolute atomic E-state index is 14.0. The number of hydrogen-bond acceptors (Lipinski definition) is 7. The standard InChI is InChI=1S/C33H36N6O4/c1-21-10-9-13-24-20-39(29(40)26(21)24)28-27(23-14-16-34-17-15-23)37-31(38(5)30(28)41)35-19-25(18-22-11-7-6-8-12-22)36-32(42)43-33(2,3)4/h6-17,25H,18-20H2,1-5H3,(H,35,37)(H,36,42)/t25-/m0/s1. The van der Waals surface area contributed by atoms with Gasteiger partial charge in [-0.25, -0.2) is 9.78 Å². The molecule has 1 aliphatic heterocycles. The molecule has 1 aliphatic rings. The minimum absolute atomic E-state index is 0.201. The van der Waals surface area contributed by atoms with E-state index in [9.17, 15) is 14.4 Å². The van der Waals surface area contributed by atoms with E-state index in [1.807, 2.05) is 76.2 Å². The van der Waals surface area contributed by atoms with Crippen molar-refractivity contribution in [3.8, 4) is 11.3 Å². The third-order valence-electron chi connectivity index (χ3n) is 7.19. The summed E-state index contributed by atoms with van der Waals surface area (Å²) < 4.78 is 6.90. The van der Waals surface area contributed by atoms with E-state index in [2.05, 4.69) is 15.6 Å². The van der Waals surface area contributed by atoms with Crippen LogP contribution in [0.15, 0.2) is 77.9 Å². The molecule has 0 saturated heterocycles. The van der Waals surface area contributed by atoms with E-state index < -0.39 is 11.7 Å². The molecule has 222 valence electrons. The van der Waals surface area contributed by atoms with Gasteiger partial charge in [0, 0.05) is 37.1 Å². The van der Waals surface area contributed by atoms with Gasteiger partial charge in [0.05, 0.1) is 12.6 Å². The van der Waals surface area contributed by atoms with E-state index in [0.717, 1.165) is 16.7 Å². The summed E-state index contributed by atoms with van der Waals surface area (Å²) in [6.07, 6.45) is 3.23. The Morgan fingerprint density at radius 3 is 2.42 bits per heavy atom. The number of nitrogens with zero attached hydrogens (tertiary/aromatic N) is 4. The average molecular weight is 581 g/mol. The molecule has 0 aliphatic carbocycles. The Labute approximate surface area is 250 Å². The molecule has 2 aromatic heterocycles. The van der Waals surface area contributed by atoms with Gasteiger partial charge in [-0.3, -0.25) is 24.0 Å². The quantitative estimate of drug-likeness (QED) is 0.306. The molecule has 0 saturated carbocycles. The van der Waals surface area contributed by atoms with Crippen LogP contribution in [0.25, 0.3) is 11.3 Å². The van der Waals surface area contributed by atoms with Gasteiger partial charge in [0.2, 0.25) is 5.95 Å². The van der Waals surface area contributed by atoms with Crippen molar-refractivity contribution in [1.82, 2.24) is 19.9 Å². The number of ether oxygens (including phenoxy) is 1. The minimum atomic E-state index is -0.652. The average Bonchev–Trinajstić information content (AvgIpc) is 3.30. The third-order valence-corrected chi connectivity index (χ3v) is 7.19. The van der Waals surface area contributed by atoms with Crippen molar-refractivity contribution in [3.05, 3.63) is 106 Å². The Bertz CT molecular complexity index is 1700. The molecule has 4 aromatic rings. The third kappa shape index (κ3) is 6.58. The Morgan fingerprint density at radius 2 is 1.74 bits per heavy atom. The lowest BCUT2D eigenvalue weighted by Gasteiger charge is -2.25. The molecule has 2 amide bonds. The van der Waals surface area contributed by atoms with E-state index in [1.54, 1.807) is 31.6 Å². The number of fused-ring (bicyclic) bond motifs is 1. The molecule has 3 heterocycles. The van der Waals surface area contributed by atoms with Crippen LogP contribution in [0.1, 0.15) is 47.8 Å². The number of anilines is 2. The number of carbonyl (C=O) groups is 2. The second-order valence-electron chi connectivity index (χ2n) is 11.6. The summed E-state index contributed by atoms with van der Waals surface area (Å²) in [5.41, 5.74) is 3.57. The largest absolute Gasteiger partial charge is 0.444 e. The molecule has 0 unspecified atom stereocenters. The first-order chi connectivity index (χ1) is 20.5. The molecule has 0 bridgehead atoms. The van der Waals surface area contributed by atoms with Crippen LogP contribution in [0.3, 0.4) is 0 Å². The van der Waals surface area contributed by atoms with Crippen molar-refractivity contribution in [3.63, 3.8) is 0 Å². The Hall–Kier alpha value is -4.99. The van der Waals surface area contributed by atoms with Gasteiger partial charge in [-0.2, -0.15) is 0 Å². The fourth-order valence-corrected chi connectivity index (χ4v) is 5.19. The number of carbonyl (C=O) groups excluding carboxylic acids is 2. The van der Waals surface area contributed by atoms with Crippen molar-refractivity contribution in [1.29, 1.82) is 0 Å². The van der Waals surface area contributed by atoms with Crippen molar-refractivity contribution in [2.75, 3.05) is 16.8 Å². The summed E-state index contributed by atoms with van der Waals surface area (Å²) in [4.78, 5) is 50.8. The van der Waals surface area contributed by atoms with Crippen LogP contribution < -0.4 is 21.1 Å². The van der Waals surface area contributed by atoms with E-state index in [1.165, 1.54) is 9.47 Å². The zero-order chi connectivity index (χ0) is 30.7. The minimum Gasteiger partial charge on any atom is -0.444 e. The zero-order valence-electron chi connectivity index (χ0n) is 25.0. The van der Waals surface area contributed by atoms with Crippen LogP contribution >= 0.6 is 0 Å². The molecule has 10 nitrogen and oxygen atoms in total. The van der Waals surface area contributed by atoms with Gasteiger partial charge < -0.3 is 15.4 Å². The molecule has 1 atom stereocenters. The zero-order valence-corrected chi connectivity index (χ0v) is 25.0. The topological polar surface area (TPSA) is 118 Å². The first kappa shape index (κ1) is 29.5. The van der Waals surface area contributed by atoms with E-state index >= 15 is 0 Å². The van der Waals surface area contributed by atoms with Gasteiger partial charge in [0.1, 0.15) is 17.0 Å². The fraction of sp³-hybridized carbons (Fsp3) is 0.303. The highest BCUT2D eigenvalue weighted by Gasteiger charge is 2.34. The molecule has 2 N–H and O–H groups in total. The second kappa shape index (κ2) is 12.1. The summed E-state index contributed by atoms with van der Waals surface area (Å²) in [6, 6.07) is 18.6. The maximum Gasteiger partial charge on any atom is 0.407 e. The number of pyridine rings is 1. The van der Waals surface area contributed by atoms with Gasteiger partial charge in [-0.1, -0.05) is 48.5 Å². The summed E-state index contributed by atoms with van der Waals surface area (Å²) in [7, 11) is 1.62. The van der Waals surface area contributed by atoms with E-state index in [-0.39, 0.29) is 36.3 Å². The summed E-state index contributed by atoms with van der Waals surface area (Å²) >= 11 is 0. The van der Waals surface area contributed by atoms with Crippen molar-refractivity contribution < 1.29 is 14.3 Å². The molecule has 10 heteroatoms. The molecule has 0 spiro atoms. The number of aromatic nitrogens is 3. The fourth-order valence-electron chi connectivity index (χ4n) is 5.19. The number of hydrogen-bond donors (Lipinski definition) is 2. The Kier molecular flexibility index (Phi) is 8.29. The van der Waals surface area contributed by atoms with Crippen molar-refractivity contribution in [2.45, 2.75) is 52.3 Å². The monoisotopic (exact) mass is 580 g/mol. The molecular weight excluding hydrogens is 544 g/mol. The smallest absolute Gasteiger partial charge is 0.407 e. The lowest BCUT2D eigenvalue weighted by atomic mass is 10.0. The molecular formula is C33H36N6O4. The Balaban J connectivity index is 1.49. The van der Waals surface area contributed by atoms with E-state index in [0.29, 0.717) is 29.2 Å². The lowest BCUT2D eigenvalue weighted by Crippen LogP contribution is -2.44. The predicted molar refractivity (Wildman–Crippen MR) is 166 cm³/mol. The second-order valence-corrected chi connectivity index (χ2v) is 11.6. The number of benzene rings is 2. The van der Waals surface area contributed by atoms with Gasteiger partial charge in [-0.15, -0.1) is 0 Å². The van der Waals surface area contributed by atoms with Gasteiger partial charge in [-0.05, 0) is 62.9 Å². The van der Waals surface area contributed by atoms with Crippen LogP contribution in [0.2, 0.25) is 0 Å². The number of aryl methyl sites for hydroxylation is 1. The van der Waals surface area contributed by atoms with Crippen molar-refractivity contribution in [2.24, 2.45) is 7.05 Å². The summed E-state index contributed by atoms with van der Waals surface area (Å²) in [6.45, 7) is 7.86. The Morgan fingerprint density at radius 1 is 1.02 bits per heavy atom.